The van der Waals surface area contributed by atoms with Crippen LogP contribution in [0.4, 0.5) is 34.1 Å². The zero-order valence-electron chi connectivity index (χ0n) is 45.5. The molecule has 18 rings (SSSR count). The van der Waals surface area contributed by atoms with Crippen molar-refractivity contribution in [2.24, 2.45) is 17.8 Å². The van der Waals surface area contributed by atoms with Gasteiger partial charge in [0.05, 0.1) is 21.8 Å². The molecule has 0 amide bonds. The molecule has 2 aliphatic heterocycles. The summed E-state index contributed by atoms with van der Waals surface area (Å²) in [6, 6.07) is 77.7. The van der Waals surface area contributed by atoms with Crippen LogP contribution in [0.3, 0.4) is 0 Å². The molecule has 0 unspecified atom stereocenters. The van der Waals surface area contributed by atoms with Gasteiger partial charge in [-0.1, -0.05) is 147 Å². The topological polar surface area (TPSA) is 28.6 Å². The van der Waals surface area contributed by atoms with Gasteiger partial charge in [-0.05, 0) is 173 Å². The molecule has 390 valence electrons. The summed E-state index contributed by atoms with van der Waals surface area (Å²) in [5.74, 6) is 4.83. The van der Waals surface area contributed by atoms with Crippen LogP contribution >= 0.6 is 22.7 Å². The molecule has 0 spiro atoms. The largest absolute Gasteiger partial charge is 0.457 e. The Hall–Kier alpha value is -8.23. The second-order valence-electron chi connectivity index (χ2n) is 24.2. The van der Waals surface area contributed by atoms with Gasteiger partial charge in [0.15, 0.2) is 0 Å². The van der Waals surface area contributed by atoms with E-state index in [1.165, 1.54) is 129 Å². The van der Waals surface area contributed by atoms with Gasteiger partial charge < -0.3 is 14.5 Å². The zero-order valence-corrected chi connectivity index (χ0v) is 47.1. The van der Waals surface area contributed by atoms with Gasteiger partial charge in [-0.15, -0.1) is 22.7 Å². The number of thiophene rings is 2. The van der Waals surface area contributed by atoms with Crippen molar-refractivity contribution in [3.63, 3.8) is 0 Å². The lowest BCUT2D eigenvalue weighted by Gasteiger charge is -2.57. The molecule has 6 aliphatic rings. The number of hydrogen-bond donors (Lipinski definition) is 0. The van der Waals surface area contributed by atoms with Gasteiger partial charge in [-0.2, -0.15) is 0 Å². The Bertz CT molecular complexity index is 4440. The summed E-state index contributed by atoms with van der Waals surface area (Å²) in [4.78, 5) is 9.72. The Kier molecular flexibility index (Phi) is 10.8. The first-order valence-electron chi connectivity index (χ1n) is 29.2. The first kappa shape index (κ1) is 47.6. The molecule has 12 aromatic rings. The predicted molar refractivity (Wildman–Crippen MR) is 343 cm³/mol. The Labute approximate surface area is 482 Å². The molecule has 0 atom stereocenters. The minimum atomic E-state index is -0.102. The second-order valence-corrected chi connectivity index (χ2v) is 26.4. The van der Waals surface area contributed by atoms with Crippen LogP contribution in [0, 0.1) is 17.8 Å². The third-order valence-corrected chi connectivity index (χ3v) is 21.5. The highest BCUT2D eigenvalue weighted by Gasteiger charge is 2.52. The Morgan fingerprint density at radius 1 is 0.568 bits per heavy atom. The van der Waals surface area contributed by atoms with Crippen molar-refractivity contribution in [2.75, 3.05) is 9.80 Å². The van der Waals surface area contributed by atoms with E-state index in [4.69, 9.17) is 4.74 Å². The maximum atomic E-state index is 7.77. The lowest BCUT2D eigenvalue weighted by Crippen LogP contribution is -2.58. The molecular weight excluding hydrogens is 1020 g/mol. The Balaban J connectivity index is 0.926. The number of ether oxygens (including phenoxy) is 1. The average Bonchev–Trinajstić information content (AvgIpc) is 3.80. The van der Waals surface area contributed by atoms with Crippen LogP contribution in [0.25, 0.3) is 63.6 Å². The number of pyridine rings is 1. The van der Waals surface area contributed by atoms with Crippen LogP contribution < -0.4 is 30.2 Å². The van der Waals surface area contributed by atoms with Gasteiger partial charge in [-0.3, -0.25) is 4.98 Å². The number of aromatic nitrogens is 1. The van der Waals surface area contributed by atoms with Gasteiger partial charge in [-0.25, -0.2) is 0 Å². The molecule has 0 saturated heterocycles. The van der Waals surface area contributed by atoms with Crippen molar-refractivity contribution in [1.29, 1.82) is 0 Å². The SMILES string of the molecule is CC(C)c1ccc(N(c2ccc3c(c2)Oc2c4c(cc5c2sc2ccccc25)N(c2ccc(C56CC7CC(CC(C7)C5)C6)cc2-c2ccccc2)c2c(sc5ccc(-c6cccnc6)cc25)B34)c2ccccc2-c2ccccc2)cc1. The molecule has 81 heavy (non-hydrogen) atoms. The number of rotatable bonds is 9. The highest BCUT2D eigenvalue weighted by molar-refractivity contribution is 7.34. The van der Waals surface area contributed by atoms with E-state index in [0.29, 0.717) is 5.92 Å². The third-order valence-electron chi connectivity index (χ3n) is 19.1. The number of para-hydroxylation sites is 1. The quantitative estimate of drug-likeness (QED) is 0.135. The molecule has 9 aromatic carbocycles. The second kappa shape index (κ2) is 18.4. The van der Waals surface area contributed by atoms with E-state index in [1.807, 2.05) is 35.1 Å². The fourth-order valence-electron chi connectivity index (χ4n) is 15.9. The van der Waals surface area contributed by atoms with Crippen molar-refractivity contribution >= 4 is 109 Å². The molecule has 7 heteroatoms. The smallest absolute Gasteiger partial charge is 0.268 e. The molecule has 4 bridgehead atoms. The number of benzene rings is 9. The van der Waals surface area contributed by atoms with Gasteiger partial charge in [0.1, 0.15) is 11.5 Å². The molecule has 3 aromatic heterocycles. The van der Waals surface area contributed by atoms with E-state index in [2.05, 4.69) is 235 Å². The van der Waals surface area contributed by atoms with E-state index in [0.717, 1.165) is 57.4 Å². The molecule has 0 radical (unpaired) electrons. The van der Waals surface area contributed by atoms with Gasteiger partial charge in [0.25, 0.3) is 6.71 Å². The van der Waals surface area contributed by atoms with E-state index in [-0.39, 0.29) is 12.1 Å². The minimum Gasteiger partial charge on any atom is -0.457 e. The van der Waals surface area contributed by atoms with Gasteiger partial charge in [0.2, 0.25) is 0 Å². The predicted octanol–water partition coefficient (Wildman–Crippen LogP) is 19.1. The van der Waals surface area contributed by atoms with Crippen LogP contribution in [0.1, 0.15) is 69.4 Å². The van der Waals surface area contributed by atoms with E-state index in [1.54, 1.807) is 5.56 Å². The lowest BCUT2D eigenvalue weighted by molar-refractivity contribution is -0.00516. The summed E-state index contributed by atoms with van der Waals surface area (Å²) in [5.41, 5.74) is 19.6. The van der Waals surface area contributed by atoms with Crippen molar-refractivity contribution in [1.82, 2.24) is 4.98 Å². The molecular formula is C74H58BN3OS2. The van der Waals surface area contributed by atoms with Crippen molar-refractivity contribution in [3.05, 3.63) is 230 Å². The maximum Gasteiger partial charge on any atom is 0.268 e. The fourth-order valence-corrected chi connectivity index (χ4v) is 18.4. The first-order chi connectivity index (χ1) is 39.9. The zero-order chi connectivity index (χ0) is 53.5. The van der Waals surface area contributed by atoms with E-state index >= 15 is 0 Å². The summed E-state index contributed by atoms with van der Waals surface area (Å²) < 4.78 is 12.8. The monoisotopic (exact) mass is 1080 g/mol. The molecule has 4 nitrogen and oxygen atoms in total. The molecule has 4 aliphatic carbocycles. The Morgan fingerprint density at radius 2 is 1.26 bits per heavy atom. The Morgan fingerprint density at radius 3 is 2.01 bits per heavy atom. The van der Waals surface area contributed by atoms with Gasteiger partial charge >= 0.3 is 0 Å². The molecule has 5 heterocycles. The summed E-state index contributed by atoms with van der Waals surface area (Å²) in [7, 11) is 0. The highest BCUT2D eigenvalue weighted by Crippen LogP contribution is 2.62. The summed E-state index contributed by atoms with van der Waals surface area (Å²) in [6.45, 7) is 4.43. The first-order valence-corrected chi connectivity index (χ1v) is 30.8. The maximum absolute atomic E-state index is 7.77. The van der Waals surface area contributed by atoms with Crippen LogP contribution in [0.2, 0.25) is 0 Å². The lowest BCUT2D eigenvalue weighted by atomic mass is 9.37. The van der Waals surface area contributed by atoms with Crippen LogP contribution in [0.15, 0.2) is 219 Å². The summed E-state index contributed by atoms with van der Waals surface area (Å²) in [5, 5.41) is 3.73. The van der Waals surface area contributed by atoms with Crippen molar-refractivity contribution < 1.29 is 4.74 Å². The fraction of sp³-hybridized carbons (Fsp3) is 0.176. The van der Waals surface area contributed by atoms with Crippen LogP contribution in [-0.2, 0) is 5.41 Å². The number of hydrogen-bond acceptors (Lipinski definition) is 6. The van der Waals surface area contributed by atoms with Crippen LogP contribution in [-0.4, -0.2) is 11.7 Å². The number of fused-ring (bicyclic) bond motifs is 10. The summed E-state index contributed by atoms with van der Waals surface area (Å²) >= 11 is 3.81. The molecule has 4 fully saturated rings. The summed E-state index contributed by atoms with van der Waals surface area (Å²) in [6.07, 6.45) is 12.1. The van der Waals surface area contributed by atoms with E-state index in [9.17, 15) is 0 Å². The number of anilines is 6. The standard InChI is InChI=1S/C74H58BN3OS2/c1-45(2)49-23-27-55(28-24-49)77(63-21-11-9-19-57(63)50-14-5-3-6-15-50)56-29-30-62-66(39-56)79-71-69-65(40-60-58-20-10-12-22-67(58)80-72(60)71)78(70-61-37-52(53-18-13-33-76-44-53)25-32-68(61)81-73(70)75(62)69)64-31-26-54(38-59(64)51-16-7-4-8-17-51)74-41-46-34-47(42-74)36-48(35-46)43-74/h3-33,37-40,44-48H,34-36,41-43H2,1-2H3. The highest BCUT2D eigenvalue weighted by atomic mass is 32.1. The van der Waals surface area contributed by atoms with E-state index < -0.39 is 0 Å². The van der Waals surface area contributed by atoms with Crippen molar-refractivity contribution in [2.45, 2.75) is 63.7 Å². The van der Waals surface area contributed by atoms with Crippen molar-refractivity contribution in [3.8, 4) is 44.9 Å². The minimum absolute atomic E-state index is 0.102. The average molecular weight is 1080 g/mol. The van der Waals surface area contributed by atoms with Crippen LogP contribution in [0.5, 0.6) is 11.5 Å². The molecule has 0 N–H and O–H groups in total. The third kappa shape index (κ3) is 7.51. The number of nitrogens with zero attached hydrogens (tertiary/aromatic N) is 3. The van der Waals surface area contributed by atoms with Gasteiger partial charge in [0, 0.05) is 82.5 Å². The normalized spacial score (nSPS) is 19.3. The molecule has 4 saturated carbocycles.